The first-order valence-corrected chi connectivity index (χ1v) is 6.87. The summed E-state index contributed by atoms with van der Waals surface area (Å²) in [4.78, 5) is 0. The molecule has 0 aliphatic heterocycles. The van der Waals surface area contributed by atoms with Gasteiger partial charge in [-0.05, 0) is 37.5 Å². The van der Waals surface area contributed by atoms with E-state index in [0.29, 0.717) is 18.2 Å². The summed E-state index contributed by atoms with van der Waals surface area (Å²) in [5.41, 5.74) is 0.197. The van der Waals surface area contributed by atoms with Crippen molar-refractivity contribution in [2.45, 2.75) is 71.1 Å². The molecule has 0 aromatic heterocycles. The molecule has 3 atom stereocenters. The lowest BCUT2D eigenvalue weighted by molar-refractivity contribution is 0.0516. The second-order valence-electron chi connectivity index (χ2n) is 6.32. The highest BCUT2D eigenvalue weighted by Gasteiger charge is 2.29. The summed E-state index contributed by atoms with van der Waals surface area (Å²) in [7, 11) is 1.81. The zero-order chi connectivity index (χ0) is 12.9. The summed E-state index contributed by atoms with van der Waals surface area (Å²) in [5.74, 6) is 0. The fourth-order valence-electron chi connectivity index (χ4n) is 2.69. The lowest BCUT2D eigenvalue weighted by atomic mass is 9.83. The molecule has 3 unspecified atom stereocenters. The zero-order valence-electron chi connectivity index (χ0n) is 11.8. The Hall–Kier alpha value is -0.120. The van der Waals surface area contributed by atoms with Gasteiger partial charge in [0.2, 0.25) is 0 Å². The fourth-order valence-corrected chi connectivity index (χ4v) is 2.69. The van der Waals surface area contributed by atoms with Crippen molar-refractivity contribution in [1.29, 1.82) is 0 Å². The third-order valence-electron chi connectivity index (χ3n) is 3.86. The summed E-state index contributed by atoms with van der Waals surface area (Å²) < 4.78 is 5.46. The van der Waals surface area contributed by atoms with Crippen molar-refractivity contribution in [2.75, 3.05) is 13.7 Å². The van der Waals surface area contributed by atoms with Crippen molar-refractivity contribution >= 4 is 0 Å². The number of aliphatic hydroxyl groups excluding tert-OH is 1. The van der Waals surface area contributed by atoms with E-state index >= 15 is 0 Å². The highest BCUT2D eigenvalue weighted by Crippen LogP contribution is 2.26. The minimum Gasteiger partial charge on any atom is -0.396 e. The molecule has 0 bridgehead atoms. The highest BCUT2D eigenvalue weighted by atomic mass is 16.5. The van der Waals surface area contributed by atoms with Gasteiger partial charge in [-0.15, -0.1) is 0 Å². The predicted molar refractivity (Wildman–Crippen MR) is 71.1 cm³/mol. The van der Waals surface area contributed by atoms with E-state index in [4.69, 9.17) is 9.84 Å². The molecule has 3 nitrogen and oxygen atoms in total. The Bertz CT molecular complexity index is 213. The van der Waals surface area contributed by atoms with E-state index in [1.54, 1.807) is 0 Å². The number of aliphatic hydroxyl groups is 1. The number of methoxy groups -OCH3 is 1. The van der Waals surface area contributed by atoms with Crippen LogP contribution < -0.4 is 5.32 Å². The third kappa shape index (κ3) is 4.94. The molecule has 1 fully saturated rings. The van der Waals surface area contributed by atoms with E-state index in [1.807, 2.05) is 7.11 Å². The molecule has 1 saturated carbocycles. The van der Waals surface area contributed by atoms with Gasteiger partial charge in [-0.3, -0.25) is 0 Å². The van der Waals surface area contributed by atoms with Gasteiger partial charge < -0.3 is 15.2 Å². The van der Waals surface area contributed by atoms with E-state index in [1.165, 1.54) is 19.3 Å². The average Bonchev–Trinajstić information content (AvgIpc) is 2.27. The maximum Gasteiger partial charge on any atom is 0.0586 e. The Morgan fingerprint density at radius 3 is 2.59 bits per heavy atom. The molecule has 0 radical (unpaired) electrons. The minimum absolute atomic E-state index is 0.197. The van der Waals surface area contributed by atoms with Gasteiger partial charge in [0.05, 0.1) is 6.10 Å². The molecule has 2 N–H and O–H groups in total. The first kappa shape index (κ1) is 14.9. The molecule has 0 saturated heterocycles. The largest absolute Gasteiger partial charge is 0.396 e. The number of ether oxygens (including phenoxy) is 1. The molecule has 1 aliphatic carbocycles. The van der Waals surface area contributed by atoms with Crippen molar-refractivity contribution in [2.24, 2.45) is 5.41 Å². The van der Waals surface area contributed by atoms with E-state index in [2.05, 4.69) is 26.1 Å². The Labute approximate surface area is 106 Å². The fraction of sp³-hybridized carbons (Fsp3) is 1.00. The number of rotatable bonds is 5. The number of nitrogens with one attached hydrogen (secondary N) is 1. The summed E-state index contributed by atoms with van der Waals surface area (Å²) in [6, 6.07) is 0.928. The van der Waals surface area contributed by atoms with Gasteiger partial charge >= 0.3 is 0 Å². The topological polar surface area (TPSA) is 41.5 Å². The van der Waals surface area contributed by atoms with Crippen LogP contribution in [0, 0.1) is 5.41 Å². The monoisotopic (exact) mass is 243 g/mol. The van der Waals surface area contributed by atoms with Crippen LogP contribution in [0.25, 0.3) is 0 Å². The average molecular weight is 243 g/mol. The van der Waals surface area contributed by atoms with Gasteiger partial charge in [0.15, 0.2) is 0 Å². The molecule has 17 heavy (non-hydrogen) atoms. The highest BCUT2D eigenvalue weighted by molar-refractivity contribution is 4.86. The maximum atomic E-state index is 9.16. The second-order valence-corrected chi connectivity index (χ2v) is 6.32. The number of hydrogen-bond acceptors (Lipinski definition) is 3. The van der Waals surface area contributed by atoms with Crippen LogP contribution in [-0.4, -0.2) is 37.0 Å². The molecule has 0 amide bonds. The molecule has 0 heterocycles. The molecule has 102 valence electrons. The standard InChI is InChI=1S/C14H29NO2/c1-14(2,3)13(8-9-16)15-11-6-5-7-12(10-11)17-4/h11-13,15-16H,5-10H2,1-4H3. The van der Waals surface area contributed by atoms with Crippen LogP contribution in [0.15, 0.2) is 0 Å². The molecule has 0 aromatic rings. The Morgan fingerprint density at radius 1 is 1.35 bits per heavy atom. The van der Waals surface area contributed by atoms with E-state index in [0.717, 1.165) is 12.8 Å². The van der Waals surface area contributed by atoms with Crippen LogP contribution in [0.3, 0.4) is 0 Å². The van der Waals surface area contributed by atoms with Gasteiger partial charge in [0.25, 0.3) is 0 Å². The van der Waals surface area contributed by atoms with Gasteiger partial charge in [0, 0.05) is 25.8 Å². The molecule has 3 heteroatoms. The Balaban J connectivity index is 2.48. The molecular weight excluding hydrogens is 214 g/mol. The summed E-state index contributed by atoms with van der Waals surface area (Å²) >= 11 is 0. The van der Waals surface area contributed by atoms with Crippen LogP contribution in [0.4, 0.5) is 0 Å². The summed E-state index contributed by atoms with van der Waals surface area (Å²) in [5, 5.41) is 12.9. The predicted octanol–water partition coefficient (Wildman–Crippen LogP) is 2.33. The summed E-state index contributed by atoms with van der Waals surface area (Å²) in [6.45, 7) is 6.96. The van der Waals surface area contributed by atoms with E-state index in [9.17, 15) is 0 Å². The van der Waals surface area contributed by atoms with Crippen molar-refractivity contribution in [3.63, 3.8) is 0 Å². The van der Waals surface area contributed by atoms with Crippen LogP contribution in [0.2, 0.25) is 0 Å². The van der Waals surface area contributed by atoms with Gasteiger partial charge in [-0.2, -0.15) is 0 Å². The lowest BCUT2D eigenvalue weighted by Gasteiger charge is -2.37. The van der Waals surface area contributed by atoms with Crippen LogP contribution >= 0.6 is 0 Å². The quantitative estimate of drug-likeness (QED) is 0.778. The SMILES string of the molecule is COC1CCCC(NC(CCO)C(C)(C)C)C1. The molecule has 0 spiro atoms. The third-order valence-corrected chi connectivity index (χ3v) is 3.86. The Morgan fingerprint density at radius 2 is 2.06 bits per heavy atom. The van der Waals surface area contributed by atoms with E-state index < -0.39 is 0 Å². The van der Waals surface area contributed by atoms with Gasteiger partial charge in [-0.1, -0.05) is 20.8 Å². The van der Waals surface area contributed by atoms with Crippen LogP contribution in [0.5, 0.6) is 0 Å². The molecule has 0 aromatic carbocycles. The first-order chi connectivity index (χ1) is 7.97. The van der Waals surface area contributed by atoms with Crippen molar-refractivity contribution < 1.29 is 9.84 Å². The van der Waals surface area contributed by atoms with Gasteiger partial charge in [0.1, 0.15) is 0 Å². The van der Waals surface area contributed by atoms with Gasteiger partial charge in [-0.25, -0.2) is 0 Å². The Kier molecular flexibility index (Phi) is 5.90. The second kappa shape index (κ2) is 6.72. The smallest absolute Gasteiger partial charge is 0.0586 e. The van der Waals surface area contributed by atoms with Crippen molar-refractivity contribution in [3.05, 3.63) is 0 Å². The maximum absolute atomic E-state index is 9.16. The first-order valence-electron chi connectivity index (χ1n) is 6.87. The van der Waals surface area contributed by atoms with Crippen molar-refractivity contribution in [1.82, 2.24) is 5.32 Å². The van der Waals surface area contributed by atoms with Crippen LogP contribution in [0.1, 0.15) is 52.9 Å². The number of hydrogen-bond donors (Lipinski definition) is 2. The van der Waals surface area contributed by atoms with Crippen LogP contribution in [-0.2, 0) is 4.74 Å². The lowest BCUT2D eigenvalue weighted by Crippen LogP contribution is -2.48. The zero-order valence-corrected chi connectivity index (χ0v) is 11.8. The molecule has 1 aliphatic rings. The normalized spacial score (nSPS) is 28.1. The van der Waals surface area contributed by atoms with Crippen molar-refractivity contribution in [3.8, 4) is 0 Å². The summed E-state index contributed by atoms with van der Waals surface area (Å²) in [6.07, 6.45) is 6.02. The minimum atomic E-state index is 0.197. The molecular formula is C14H29NO2. The molecule has 1 rings (SSSR count). The van der Waals surface area contributed by atoms with E-state index in [-0.39, 0.29) is 12.0 Å².